The molecule has 0 bridgehead atoms. The van der Waals surface area contributed by atoms with E-state index in [4.69, 9.17) is 0 Å². The first-order valence-corrected chi connectivity index (χ1v) is 8.17. The molecule has 114 valence electrons. The summed E-state index contributed by atoms with van der Waals surface area (Å²) in [6.07, 6.45) is -4.53. The van der Waals surface area contributed by atoms with Gasteiger partial charge in [0.05, 0.1) is 17.0 Å². The molecule has 0 heterocycles. The van der Waals surface area contributed by atoms with E-state index in [0.29, 0.717) is 6.54 Å². The fourth-order valence-corrected chi connectivity index (χ4v) is 2.91. The second kappa shape index (κ2) is 6.77. The van der Waals surface area contributed by atoms with Crippen LogP contribution in [0.15, 0.2) is 22.7 Å². The third-order valence-electron chi connectivity index (χ3n) is 2.30. The van der Waals surface area contributed by atoms with Gasteiger partial charge in [-0.05, 0) is 24.7 Å². The minimum absolute atomic E-state index is 0.122. The van der Waals surface area contributed by atoms with E-state index in [9.17, 15) is 21.6 Å². The Hall–Kier alpha value is -0.800. The van der Waals surface area contributed by atoms with Crippen LogP contribution in [-0.2, 0) is 16.2 Å². The molecule has 0 saturated heterocycles. The molecule has 0 aliphatic carbocycles. The average Bonchev–Trinajstić information content (AvgIpc) is 2.26. The van der Waals surface area contributed by atoms with Crippen LogP contribution in [0.3, 0.4) is 0 Å². The summed E-state index contributed by atoms with van der Waals surface area (Å²) in [6.45, 7) is 2.67. The van der Waals surface area contributed by atoms with Crippen molar-refractivity contribution in [3.05, 3.63) is 28.2 Å². The molecule has 0 aliphatic heterocycles. The highest BCUT2D eigenvalue weighted by molar-refractivity contribution is 9.10. The minimum atomic E-state index is -4.53. The highest BCUT2D eigenvalue weighted by atomic mass is 79.9. The maximum absolute atomic E-state index is 12.6. The maximum Gasteiger partial charge on any atom is 0.416 e. The Labute approximate surface area is 123 Å². The monoisotopic (exact) mass is 374 g/mol. The molecule has 1 rings (SSSR count). The Morgan fingerprint density at radius 1 is 1.25 bits per heavy atom. The molecule has 0 spiro atoms. The van der Waals surface area contributed by atoms with Crippen LogP contribution in [0.1, 0.15) is 12.5 Å². The molecule has 1 aromatic rings. The zero-order chi connectivity index (χ0) is 15.4. The van der Waals surface area contributed by atoms with Gasteiger partial charge in [0.15, 0.2) is 0 Å². The van der Waals surface area contributed by atoms with Crippen molar-refractivity contribution in [2.45, 2.75) is 13.1 Å². The molecular formula is C11H14BrF3N2O2S. The Morgan fingerprint density at radius 2 is 1.90 bits per heavy atom. The zero-order valence-electron chi connectivity index (χ0n) is 10.6. The lowest BCUT2D eigenvalue weighted by atomic mass is 10.2. The molecule has 0 saturated carbocycles. The highest BCUT2D eigenvalue weighted by Crippen LogP contribution is 2.33. The number of hydrogen-bond donors (Lipinski definition) is 2. The molecule has 1 aromatic carbocycles. The Morgan fingerprint density at radius 3 is 2.45 bits per heavy atom. The third kappa shape index (κ3) is 5.68. The topological polar surface area (TPSA) is 58.2 Å². The van der Waals surface area contributed by atoms with Gasteiger partial charge in [-0.2, -0.15) is 13.2 Å². The van der Waals surface area contributed by atoms with Gasteiger partial charge in [-0.25, -0.2) is 8.42 Å². The molecule has 0 radical (unpaired) electrons. The third-order valence-corrected chi connectivity index (χ3v) is 4.04. The minimum Gasteiger partial charge on any atom is -0.316 e. The lowest BCUT2D eigenvalue weighted by Crippen LogP contribution is -2.26. The lowest BCUT2D eigenvalue weighted by molar-refractivity contribution is -0.137. The summed E-state index contributed by atoms with van der Waals surface area (Å²) >= 11 is 2.93. The predicted molar refractivity (Wildman–Crippen MR) is 75.1 cm³/mol. The largest absolute Gasteiger partial charge is 0.416 e. The molecule has 2 N–H and O–H groups in total. The summed E-state index contributed by atoms with van der Waals surface area (Å²) in [4.78, 5) is 0. The Kier molecular flexibility index (Phi) is 5.84. The number of rotatable bonds is 6. The maximum atomic E-state index is 12.6. The summed E-state index contributed by atoms with van der Waals surface area (Å²) in [5.41, 5.74) is -1.04. The van der Waals surface area contributed by atoms with Crippen LogP contribution in [0.2, 0.25) is 0 Å². The molecule has 4 nitrogen and oxygen atoms in total. The van der Waals surface area contributed by atoms with E-state index in [-0.39, 0.29) is 22.5 Å². The first-order chi connectivity index (χ1) is 9.14. The molecule has 0 amide bonds. The molecule has 20 heavy (non-hydrogen) atoms. The van der Waals surface area contributed by atoms with Crippen molar-refractivity contribution in [1.29, 1.82) is 0 Å². The first kappa shape index (κ1) is 17.3. The van der Waals surface area contributed by atoms with Crippen LogP contribution in [0, 0.1) is 0 Å². The van der Waals surface area contributed by atoms with Crippen molar-refractivity contribution < 1.29 is 21.6 Å². The predicted octanol–water partition coefficient (Wildman–Crippen LogP) is 2.82. The van der Waals surface area contributed by atoms with Crippen molar-refractivity contribution in [3.8, 4) is 0 Å². The number of alkyl halides is 3. The van der Waals surface area contributed by atoms with E-state index in [1.807, 2.05) is 6.92 Å². The normalized spacial score (nSPS) is 12.4. The highest BCUT2D eigenvalue weighted by Gasteiger charge is 2.31. The second-order valence-corrected chi connectivity index (χ2v) is 6.76. The molecule has 0 unspecified atom stereocenters. The van der Waals surface area contributed by atoms with Gasteiger partial charge in [0.2, 0.25) is 10.0 Å². The van der Waals surface area contributed by atoms with Gasteiger partial charge < -0.3 is 5.32 Å². The Balaban J connectivity index is 2.90. The summed E-state index contributed by atoms with van der Waals surface area (Å²) in [5.74, 6) is -0.214. The van der Waals surface area contributed by atoms with Gasteiger partial charge in [0.1, 0.15) is 0 Å². The van der Waals surface area contributed by atoms with Crippen LogP contribution in [0.5, 0.6) is 0 Å². The fraction of sp³-hybridized carbons (Fsp3) is 0.455. The van der Waals surface area contributed by atoms with E-state index in [1.165, 1.54) is 6.07 Å². The summed E-state index contributed by atoms with van der Waals surface area (Å²) in [7, 11) is -3.69. The molecular weight excluding hydrogens is 361 g/mol. The van der Waals surface area contributed by atoms with Gasteiger partial charge in [0, 0.05) is 11.0 Å². The van der Waals surface area contributed by atoms with Crippen molar-refractivity contribution in [3.63, 3.8) is 0 Å². The molecule has 0 aliphatic rings. The van der Waals surface area contributed by atoms with Crippen molar-refractivity contribution in [2.24, 2.45) is 0 Å². The van der Waals surface area contributed by atoms with E-state index in [0.717, 1.165) is 12.1 Å². The molecule has 0 atom stereocenters. The quantitative estimate of drug-likeness (QED) is 0.752. The zero-order valence-corrected chi connectivity index (χ0v) is 13.0. The summed E-state index contributed by atoms with van der Waals surface area (Å²) in [5, 5.41) is 2.83. The Bertz CT molecular complexity index is 561. The lowest BCUT2D eigenvalue weighted by Gasteiger charge is -2.12. The second-order valence-electron chi connectivity index (χ2n) is 4.00. The first-order valence-electron chi connectivity index (χ1n) is 5.73. The van der Waals surface area contributed by atoms with Gasteiger partial charge in [-0.3, -0.25) is 4.72 Å². The van der Waals surface area contributed by atoms with Crippen LogP contribution < -0.4 is 10.0 Å². The standard InChI is InChI=1S/C11H14BrF3N2O2S/c1-2-16-3-4-20(18,19)17-10-6-8(11(13,14)15)5-9(12)7-10/h5-7,16-17H,2-4H2,1H3. The molecule has 0 fully saturated rings. The van der Waals surface area contributed by atoms with Crippen LogP contribution in [-0.4, -0.2) is 27.3 Å². The van der Waals surface area contributed by atoms with Crippen molar-refractivity contribution in [1.82, 2.24) is 5.32 Å². The number of halogens is 4. The number of sulfonamides is 1. The van der Waals surface area contributed by atoms with E-state index >= 15 is 0 Å². The summed E-state index contributed by atoms with van der Waals surface area (Å²) in [6, 6.07) is 2.92. The average molecular weight is 375 g/mol. The van der Waals surface area contributed by atoms with Crippen molar-refractivity contribution >= 4 is 31.6 Å². The number of benzene rings is 1. The number of anilines is 1. The smallest absolute Gasteiger partial charge is 0.316 e. The van der Waals surface area contributed by atoms with Gasteiger partial charge in [0.25, 0.3) is 0 Å². The van der Waals surface area contributed by atoms with Crippen LogP contribution >= 0.6 is 15.9 Å². The van der Waals surface area contributed by atoms with Gasteiger partial charge >= 0.3 is 6.18 Å². The van der Waals surface area contributed by atoms with E-state index in [2.05, 4.69) is 26.0 Å². The number of nitrogens with one attached hydrogen (secondary N) is 2. The number of hydrogen-bond acceptors (Lipinski definition) is 3. The molecule has 9 heteroatoms. The van der Waals surface area contributed by atoms with Gasteiger partial charge in [-0.15, -0.1) is 0 Å². The van der Waals surface area contributed by atoms with E-state index < -0.39 is 21.8 Å². The van der Waals surface area contributed by atoms with Crippen LogP contribution in [0.25, 0.3) is 0 Å². The summed E-state index contributed by atoms with van der Waals surface area (Å²) < 4.78 is 63.5. The molecule has 0 aromatic heterocycles. The SMILES string of the molecule is CCNCCS(=O)(=O)Nc1cc(Br)cc(C(F)(F)F)c1. The van der Waals surface area contributed by atoms with Gasteiger partial charge in [-0.1, -0.05) is 22.9 Å². The van der Waals surface area contributed by atoms with E-state index in [1.54, 1.807) is 0 Å². The van der Waals surface area contributed by atoms with Crippen LogP contribution in [0.4, 0.5) is 18.9 Å². The fourth-order valence-electron chi connectivity index (χ4n) is 1.43. The van der Waals surface area contributed by atoms with Crippen molar-refractivity contribution in [2.75, 3.05) is 23.6 Å².